The van der Waals surface area contributed by atoms with Crippen molar-refractivity contribution in [3.63, 3.8) is 0 Å². The zero-order valence-corrected chi connectivity index (χ0v) is 15.3. The zero-order valence-electron chi connectivity index (χ0n) is 13.8. The highest BCUT2D eigenvalue weighted by Gasteiger charge is 2.39. The molecule has 0 saturated carbocycles. The Kier molecular flexibility index (Phi) is 4.27. The summed E-state index contributed by atoms with van der Waals surface area (Å²) >= 11 is 12.2. The summed E-state index contributed by atoms with van der Waals surface area (Å²) in [5.41, 5.74) is 0.739. The number of rotatable bonds is 2. The van der Waals surface area contributed by atoms with E-state index in [4.69, 9.17) is 27.7 Å². The number of aromatic nitrogens is 2. The minimum atomic E-state index is -4.50. The van der Waals surface area contributed by atoms with Crippen LogP contribution in [0.1, 0.15) is 17.5 Å². The van der Waals surface area contributed by atoms with E-state index < -0.39 is 17.8 Å². The van der Waals surface area contributed by atoms with Gasteiger partial charge < -0.3 is 9.42 Å². The average molecular weight is 415 g/mol. The van der Waals surface area contributed by atoms with E-state index in [1.165, 1.54) is 4.90 Å². The third-order valence-corrected chi connectivity index (χ3v) is 4.72. The van der Waals surface area contributed by atoms with Crippen LogP contribution in [0.15, 0.2) is 50.6 Å². The van der Waals surface area contributed by atoms with Gasteiger partial charge in [-0.3, -0.25) is 4.99 Å². The number of aliphatic imine (C=N–C) groups is 1. The van der Waals surface area contributed by atoms with Gasteiger partial charge in [0.1, 0.15) is 11.9 Å². The second-order valence-electron chi connectivity index (χ2n) is 6.13. The van der Waals surface area contributed by atoms with E-state index in [1.807, 2.05) is 13.0 Å². The minimum Gasteiger partial charge on any atom is -0.337 e. The number of benzene rings is 1. The molecule has 0 bridgehead atoms. The summed E-state index contributed by atoms with van der Waals surface area (Å²) in [4.78, 5) is 9.96. The highest BCUT2D eigenvalue weighted by molar-refractivity contribution is 6.43. The van der Waals surface area contributed by atoms with Crippen LogP contribution < -0.4 is 0 Å². The van der Waals surface area contributed by atoms with Gasteiger partial charge in [0.15, 0.2) is 0 Å². The van der Waals surface area contributed by atoms with Gasteiger partial charge in [-0.05, 0) is 30.7 Å². The van der Waals surface area contributed by atoms with Crippen molar-refractivity contribution in [3.8, 4) is 11.4 Å². The Morgan fingerprint density at radius 2 is 2.04 bits per heavy atom. The number of halogens is 5. The van der Waals surface area contributed by atoms with Crippen LogP contribution in [0.4, 0.5) is 13.2 Å². The summed E-state index contributed by atoms with van der Waals surface area (Å²) in [6.07, 6.45) is -2.67. The third-order valence-electron chi connectivity index (χ3n) is 4.13. The Labute approximate surface area is 161 Å². The van der Waals surface area contributed by atoms with Crippen molar-refractivity contribution in [2.75, 3.05) is 6.54 Å². The Morgan fingerprint density at radius 1 is 1.26 bits per heavy atom. The predicted molar refractivity (Wildman–Crippen MR) is 94.4 cm³/mol. The Balaban J connectivity index is 1.62. The van der Waals surface area contributed by atoms with Crippen molar-refractivity contribution in [2.24, 2.45) is 4.99 Å². The van der Waals surface area contributed by atoms with Gasteiger partial charge in [-0.15, -0.1) is 0 Å². The molecule has 4 rings (SSSR count). The fourth-order valence-corrected chi connectivity index (χ4v) is 3.42. The molecular weight excluding hydrogens is 404 g/mol. The molecule has 0 fully saturated rings. The third kappa shape index (κ3) is 3.35. The molecule has 1 unspecified atom stereocenters. The molecule has 2 aliphatic rings. The van der Waals surface area contributed by atoms with Crippen molar-refractivity contribution in [3.05, 3.63) is 57.6 Å². The maximum Gasteiger partial charge on any atom is 0.417 e. The monoisotopic (exact) mass is 414 g/mol. The number of hydrogen-bond donors (Lipinski definition) is 0. The lowest BCUT2D eigenvalue weighted by Gasteiger charge is -2.22. The van der Waals surface area contributed by atoms with Gasteiger partial charge in [-0.25, -0.2) is 0 Å². The lowest BCUT2D eigenvalue weighted by Crippen LogP contribution is -2.28. The second-order valence-corrected chi connectivity index (χ2v) is 6.95. The number of hydrogen-bond acceptors (Lipinski definition) is 5. The van der Waals surface area contributed by atoms with Crippen LogP contribution in [0.3, 0.4) is 0 Å². The molecule has 0 aliphatic carbocycles. The molecule has 1 atom stereocenters. The van der Waals surface area contributed by atoms with Gasteiger partial charge in [0.25, 0.3) is 5.89 Å². The summed E-state index contributed by atoms with van der Waals surface area (Å²) in [7, 11) is 0. The van der Waals surface area contributed by atoms with E-state index in [0.717, 1.165) is 17.8 Å². The molecular formula is C17H11Cl2F3N4O. The molecule has 0 amide bonds. The number of alkyl halides is 3. The van der Waals surface area contributed by atoms with E-state index >= 15 is 0 Å². The first-order valence-electron chi connectivity index (χ1n) is 7.83. The van der Waals surface area contributed by atoms with Gasteiger partial charge in [-0.1, -0.05) is 34.4 Å². The lowest BCUT2D eigenvalue weighted by molar-refractivity contribution is -0.0891. The minimum absolute atomic E-state index is 0.0892. The highest BCUT2D eigenvalue weighted by atomic mass is 35.5. The molecule has 3 heterocycles. The quantitative estimate of drug-likeness (QED) is 0.690. The standard InChI is InChI=1S/C17H11Cl2F3N4O/c1-8-2-3-10(11(18)4-8)14-24-16(27-25-14)13-7-26-6-9(17(20,21)22)5-12(19)15(26)23-13/h2-6,13H,7H2,1H3. The van der Waals surface area contributed by atoms with Crippen molar-refractivity contribution in [2.45, 2.75) is 19.1 Å². The molecule has 2 aromatic rings. The second kappa shape index (κ2) is 6.38. The van der Waals surface area contributed by atoms with Crippen LogP contribution in [0.5, 0.6) is 0 Å². The summed E-state index contributed by atoms with van der Waals surface area (Å²) in [6.45, 7) is 2.02. The van der Waals surface area contributed by atoms with Crippen LogP contribution in [0, 0.1) is 6.92 Å². The summed E-state index contributed by atoms with van der Waals surface area (Å²) < 4.78 is 44.1. The van der Waals surface area contributed by atoms with Crippen LogP contribution in [-0.2, 0) is 0 Å². The van der Waals surface area contributed by atoms with Gasteiger partial charge in [0, 0.05) is 11.8 Å². The fourth-order valence-electron chi connectivity index (χ4n) is 2.82. The SMILES string of the molecule is Cc1ccc(-c2noc(C3CN4C=C(C(F)(F)F)C=C(Cl)C4=N3)n2)c(Cl)c1. The van der Waals surface area contributed by atoms with Gasteiger partial charge in [-0.2, -0.15) is 18.2 Å². The highest BCUT2D eigenvalue weighted by Crippen LogP contribution is 2.37. The largest absolute Gasteiger partial charge is 0.417 e. The fraction of sp³-hybridized carbons (Fsp3) is 0.235. The van der Waals surface area contributed by atoms with Gasteiger partial charge >= 0.3 is 6.18 Å². The van der Waals surface area contributed by atoms with Crippen molar-refractivity contribution in [1.29, 1.82) is 0 Å². The van der Waals surface area contributed by atoms with Crippen LogP contribution in [0.2, 0.25) is 5.02 Å². The Morgan fingerprint density at radius 3 is 2.74 bits per heavy atom. The number of allylic oxidation sites excluding steroid dienone is 2. The van der Waals surface area contributed by atoms with E-state index in [0.29, 0.717) is 10.6 Å². The van der Waals surface area contributed by atoms with E-state index in [2.05, 4.69) is 15.1 Å². The molecule has 5 nitrogen and oxygen atoms in total. The first-order valence-corrected chi connectivity index (χ1v) is 8.59. The predicted octanol–water partition coefficient (Wildman–Crippen LogP) is 5.04. The number of fused-ring (bicyclic) bond motifs is 1. The van der Waals surface area contributed by atoms with Crippen LogP contribution in [0.25, 0.3) is 11.4 Å². The molecule has 0 radical (unpaired) electrons. The van der Waals surface area contributed by atoms with Gasteiger partial charge in [0.05, 0.1) is 22.2 Å². The van der Waals surface area contributed by atoms with Crippen molar-refractivity contribution < 1.29 is 17.7 Å². The molecule has 0 spiro atoms. The molecule has 10 heteroatoms. The Bertz CT molecular complexity index is 1010. The first kappa shape index (κ1) is 18.1. The molecule has 1 aromatic carbocycles. The van der Waals surface area contributed by atoms with Crippen LogP contribution >= 0.6 is 23.2 Å². The zero-order chi connectivity index (χ0) is 19.3. The first-order chi connectivity index (χ1) is 12.7. The van der Waals surface area contributed by atoms with E-state index in [-0.39, 0.29) is 29.1 Å². The average Bonchev–Trinajstić information content (AvgIpc) is 3.20. The number of amidine groups is 1. The van der Waals surface area contributed by atoms with Crippen molar-refractivity contribution >= 4 is 29.0 Å². The molecule has 2 aliphatic heterocycles. The van der Waals surface area contributed by atoms with Crippen LogP contribution in [-0.4, -0.2) is 33.6 Å². The maximum absolute atomic E-state index is 13.0. The topological polar surface area (TPSA) is 54.5 Å². The number of nitrogens with zero attached hydrogens (tertiary/aromatic N) is 4. The van der Waals surface area contributed by atoms with E-state index in [1.54, 1.807) is 12.1 Å². The number of aryl methyl sites for hydroxylation is 1. The molecule has 1 aromatic heterocycles. The Hall–Kier alpha value is -2.32. The lowest BCUT2D eigenvalue weighted by atomic mass is 10.1. The van der Waals surface area contributed by atoms with Gasteiger partial charge in [0.2, 0.25) is 5.82 Å². The van der Waals surface area contributed by atoms with E-state index in [9.17, 15) is 13.2 Å². The molecule has 0 saturated heterocycles. The molecule has 0 N–H and O–H groups in total. The molecule has 140 valence electrons. The normalized spacial score (nSPS) is 19.6. The summed E-state index contributed by atoms with van der Waals surface area (Å²) in [6, 6.07) is 4.78. The smallest absolute Gasteiger partial charge is 0.337 e. The summed E-state index contributed by atoms with van der Waals surface area (Å²) in [5, 5.41) is 4.29. The maximum atomic E-state index is 13.0. The molecule has 27 heavy (non-hydrogen) atoms. The summed E-state index contributed by atoms with van der Waals surface area (Å²) in [5.74, 6) is 0.700. The van der Waals surface area contributed by atoms with Crippen molar-refractivity contribution in [1.82, 2.24) is 15.0 Å².